The maximum absolute atomic E-state index is 14.7. The Morgan fingerprint density at radius 1 is 1.00 bits per heavy atom. The van der Waals surface area contributed by atoms with Gasteiger partial charge in [0.2, 0.25) is 0 Å². The summed E-state index contributed by atoms with van der Waals surface area (Å²) in [4.78, 5) is 12.5. The van der Waals surface area contributed by atoms with Crippen LogP contribution in [0.5, 0.6) is 0 Å². The minimum Gasteiger partial charge on any atom is -0.459 e. The molecule has 2 aliphatic rings. The lowest BCUT2D eigenvalue weighted by atomic mass is 9.85. The Bertz CT molecular complexity index is 658. The number of carbonyl (C=O) groups is 1. The third-order valence-electron chi connectivity index (χ3n) is 6.94. The Balaban J connectivity index is 1.49. The average molecular weight is 419 g/mol. The van der Waals surface area contributed by atoms with Gasteiger partial charge in [-0.05, 0) is 74.5 Å². The van der Waals surface area contributed by atoms with Crippen molar-refractivity contribution in [1.29, 1.82) is 0 Å². The van der Waals surface area contributed by atoms with Crippen molar-refractivity contribution < 1.29 is 18.7 Å². The molecule has 0 radical (unpaired) electrons. The molecule has 4 heteroatoms. The van der Waals surface area contributed by atoms with E-state index < -0.39 is 11.8 Å². The summed E-state index contributed by atoms with van der Waals surface area (Å²) >= 11 is 0. The summed E-state index contributed by atoms with van der Waals surface area (Å²) in [5.41, 5.74) is 0.874. The van der Waals surface area contributed by atoms with E-state index in [0.29, 0.717) is 5.92 Å². The van der Waals surface area contributed by atoms with Crippen LogP contribution in [-0.4, -0.2) is 18.7 Å². The molecule has 1 aromatic rings. The van der Waals surface area contributed by atoms with E-state index in [1.54, 1.807) is 6.07 Å². The molecule has 0 aromatic heterocycles. The van der Waals surface area contributed by atoms with Crippen molar-refractivity contribution in [3.63, 3.8) is 0 Å². The summed E-state index contributed by atoms with van der Waals surface area (Å²) in [7, 11) is 0. The molecule has 1 aromatic carbocycles. The Hall–Kier alpha value is -1.42. The fourth-order valence-electron chi connectivity index (χ4n) is 5.04. The lowest BCUT2D eigenvalue weighted by molar-refractivity contribution is -0.0200. The number of esters is 1. The first-order valence-corrected chi connectivity index (χ1v) is 12.2. The van der Waals surface area contributed by atoms with Crippen LogP contribution in [0.1, 0.15) is 113 Å². The number of hydrogen-bond acceptors (Lipinski definition) is 3. The molecule has 30 heavy (non-hydrogen) atoms. The van der Waals surface area contributed by atoms with E-state index in [1.165, 1.54) is 44.6 Å². The van der Waals surface area contributed by atoms with Gasteiger partial charge in [0.05, 0.1) is 18.3 Å². The Morgan fingerprint density at radius 2 is 1.77 bits per heavy atom. The molecule has 0 N–H and O–H groups in total. The van der Waals surface area contributed by atoms with Gasteiger partial charge in [-0.2, -0.15) is 0 Å². The Labute approximate surface area is 181 Å². The highest BCUT2D eigenvalue weighted by atomic mass is 19.1. The van der Waals surface area contributed by atoms with Crippen molar-refractivity contribution >= 4 is 5.97 Å². The number of benzene rings is 1. The first-order chi connectivity index (χ1) is 14.6. The first-order valence-electron chi connectivity index (χ1n) is 12.2. The quantitative estimate of drug-likeness (QED) is 0.310. The predicted molar refractivity (Wildman–Crippen MR) is 118 cm³/mol. The monoisotopic (exact) mass is 418 g/mol. The molecule has 1 heterocycles. The zero-order chi connectivity index (χ0) is 21.3. The summed E-state index contributed by atoms with van der Waals surface area (Å²) in [5, 5.41) is 0. The van der Waals surface area contributed by atoms with Crippen LogP contribution in [0.15, 0.2) is 18.2 Å². The number of halogens is 1. The van der Waals surface area contributed by atoms with Gasteiger partial charge in [-0.1, -0.05) is 52.0 Å². The molecule has 1 aliphatic carbocycles. The molecule has 2 unspecified atom stereocenters. The van der Waals surface area contributed by atoms with Crippen LogP contribution in [0.3, 0.4) is 0 Å². The second kappa shape index (κ2) is 11.8. The normalized spacial score (nSPS) is 27.0. The third kappa shape index (κ3) is 6.54. The van der Waals surface area contributed by atoms with E-state index in [4.69, 9.17) is 9.47 Å². The van der Waals surface area contributed by atoms with Crippen molar-refractivity contribution in [2.75, 3.05) is 6.61 Å². The van der Waals surface area contributed by atoms with Gasteiger partial charge in [0, 0.05) is 0 Å². The number of carbonyl (C=O) groups excluding carboxylic acids is 1. The minimum atomic E-state index is -0.529. The number of unbranched alkanes of at least 4 members (excludes halogenated alkanes) is 2. The van der Waals surface area contributed by atoms with Gasteiger partial charge in [-0.3, -0.25) is 0 Å². The highest BCUT2D eigenvalue weighted by Gasteiger charge is 2.27. The number of hydrogen-bond donors (Lipinski definition) is 0. The lowest BCUT2D eigenvalue weighted by Crippen LogP contribution is -2.25. The van der Waals surface area contributed by atoms with E-state index in [1.807, 2.05) is 6.07 Å². The largest absolute Gasteiger partial charge is 0.459 e. The second-order valence-corrected chi connectivity index (χ2v) is 9.34. The van der Waals surface area contributed by atoms with Gasteiger partial charge in [-0.25, -0.2) is 9.18 Å². The van der Waals surface area contributed by atoms with E-state index in [9.17, 15) is 9.18 Å². The van der Waals surface area contributed by atoms with Crippen LogP contribution in [-0.2, 0) is 9.47 Å². The standard InChI is InChI=1S/C26H39FO3/c1-3-5-6-8-20-11-16-25(29-18-20)21-12-15-23(24(27)17-21)26(28)30-22-13-9-19(7-4-2)10-14-22/h12,15,17,19-20,22,25H,3-11,13-14,16,18H2,1-2H3. The fraction of sp³-hybridized carbons (Fsp3) is 0.731. The molecular weight excluding hydrogens is 379 g/mol. The molecule has 1 saturated carbocycles. The molecule has 2 fully saturated rings. The van der Waals surface area contributed by atoms with Gasteiger partial charge < -0.3 is 9.47 Å². The fourth-order valence-corrected chi connectivity index (χ4v) is 5.04. The summed E-state index contributed by atoms with van der Waals surface area (Å²) in [5.74, 6) is 0.353. The topological polar surface area (TPSA) is 35.5 Å². The predicted octanol–water partition coefficient (Wildman–Crippen LogP) is 7.39. The second-order valence-electron chi connectivity index (χ2n) is 9.34. The molecular formula is C26H39FO3. The summed E-state index contributed by atoms with van der Waals surface area (Å²) < 4.78 is 26.3. The van der Waals surface area contributed by atoms with E-state index in [-0.39, 0.29) is 17.8 Å². The third-order valence-corrected chi connectivity index (χ3v) is 6.94. The van der Waals surface area contributed by atoms with Crippen LogP contribution in [0, 0.1) is 17.7 Å². The highest BCUT2D eigenvalue weighted by molar-refractivity contribution is 5.89. The maximum atomic E-state index is 14.7. The SMILES string of the molecule is CCCCCC1CCC(c2ccc(C(=O)OC3CCC(CCC)CC3)c(F)c2)OC1. The molecule has 1 saturated heterocycles. The lowest BCUT2D eigenvalue weighted by Gasteiger charge is -2.29. The highest BCUT2D eigenvalue weighted by Crippen LogP contribution is 2.34. The first kappa shape index (κ1) is 23.2. The molecule has 0 spiro atoms. The number of ether oxygens (including phenoxy) is 2. The van der Waals surface area contributed by atoms with Gasteiger partial charge in [0.25, 0.3) is 0 Å². The molecule has 1 aliphatic heterocycles. The smallest absolute Gasteiger partial charge is 0.341 e. The van der Waals surface area contributed by atoms with Gasteiger partial charge in [0.1, 0.15) is 11.9 Å². The van der Waals surface area contributed by atoms with E-state index in [0.717, 1.165) is 56.6 Å². The van der Waals surface area contributed by atoms with Crippen LogP contribution in [0.25, 0.3) is 0 Å². The summed E-state index contributed by atoms with van der Waals surface area (Å²) in [6.45, 7) is 5.18. The van der Waals surface area contributed by atoms with Crippen molar-refractivity contribution in [3.05, 3.63) is 35.1 Å². The molecule has 3 rings (SSSR count). The summed E-state index contributed by atoms with van der Waals surface area (Å²) in [6, 6.07) is 4.88. The van der Waals surface area contributed by atoms with Gasteiger partial charge in [-0.15, -0.1) is 0 Å². The molecule has 0 bridgehead atoms. The molecule has 3 nitrogen and oxygen atoms in total. The van der Waals surface area contributed by atoms with Crippen molar-refractivity contribution in [2.45, 2.75) is 103 Å². The number of rotatable bonds is 9. The Morgan fingerprint density at radius 3 is 2.40 bits per heavy atom. The van der Waals surface area contributed by atoms with Crippen LogP contribution in [0.2, 0.25) is 0 Å². The zero-order valence-electron chi connectivity index (χ0n) is 18.8. The van der Waals surface area contributed by atoms with Crippen molar-refractivity contribution in [3.8, 4) is 0 Å². The molecule has 168 valence electrons. The van der Waals surface area contributed by atoms with Gasteiger partial charge >= 0.3 is 5.97 Å². The molecule has 0 amide bonds. The Kier molecular flexibility index (Phi) is 9.17. The summed E-state index contributed by atoms with van der Waals surface area (Å²) in [6.07, 6.45) is 13.4. The maximum Gasteiger partial charge on any atom is 0.341 e. The zero-order valence-corrected chi connectivity index (χ0v) is 18.8. The molecule has 2 atom stereocenters. The van der Waals surface area contributed by atoms with Crippen molar-refractivity contribution in [1.82, 2.24) is 0 Å². The van der Waals surface area contributed by atoms with Crippen molar-refractivity contribution in [2.24, 2.45) is 11.8 Å². The minimum absolute atomic E-state index is 0.0442. The van der Waals surface area contributed by atoms with E-state index >= 15 is 0 Å². The van der Waals surface area contributed by atoms with Crippen LogP contribution < -0.4 is 0 Å². The van der Waals surface area contributed by atoms with Crippen LogP contribution in [0.4, 0.5) is 4.39 Å². The van der Waals surface area contributed by atoms with Gasteiger partial charge in [0.15, 0.2) is 0 Å². The van der Waals surface area contributed by atoms with Crippen LogP contribution >= 0.6 is 0 Å². The average Bonchev–Trinajstić information content (AvgIpc) is 2.76. The van der Waals surface area contributed by atoms with E-state index in [2.05, 4.69) is 13.8 Å².